The number of ether oxygens (including phenoxy) is 1. The summed E-state index contributed by atoms with van der Waals surface area (Å²) in [7, 11) is -1.92. The Labute approximate surface area is 167 Å². The van der Waals surface area contributed by atoms with Crippen molar-refractivity contribution in [2.45, 2.75) is 32.6 Å². The SMILES string of the molecule is CCS(=O)(=O)Nc1ccc(NC(=O)[C@@]23CCCC[C@H]2CNC3)cc1OC.Cl. The molecule has 7 nitrogen and oxygen atoms in total. The molecule has 1 aromatic carbocycles. The van der Waals surface area contributed by atoms with Crippen LogP contribution in [0.3, 0.4) is 0 Å². The second-order valence-corrected chi connectivity index (χ2v) is 9.12. The van der Waals surface area contributed by atoms with Gasteiger partial charge in [-0.1, -0.05) is 12.8 Å². The lowest BCUT2D eigenvalue weighted by atomic mass is 9.67. The summed E-state index contributed by atoms with van der Waals surface area (Å²) in [5.41, 5.74) is 0.633. The largest absolute Gasteiger partial charge is 0.494 e. The van der Waals surface area contributed by atoms with E-state index in [1.807, 2.05) is 0 Å². The van der Waals surface area contributed by atoms with Crippen LogP contribution in [0.5, 0.6) is 5.75 Å². The molecule has 3 rings (SSSR count). The smallest absolute Gasteiger partial charge is 0.232 e. The Kier molecular flexibility index (Phi) is 6.99. The van der Waals surface area contributed by atoms with Crippen molar-refractivity contribution in [3.05, 3.63) is 18.2 Å². The quantitative estimate of drug-likeness (QED) is 0.661. The van der Waals surface area contributed by atoms with Crippen molar-refractivity contribution in [1.82, 2.24) is 5.32 Å². The van der Waals surface area contributed by atoms with E-state index in [1.165, 1.54) is 13.5 Å². The van der Waals surface area contributed by atoms with Gasteiger partial charge in [-0.05, 0) is 44.4 Å². The van der Waals surface area contributed by atoms with Gasteiger partial charge in [0.25, 0.3) is 0 Å². The molecule has 1 saturated heterocycles. The highest BCUT2D eigenvalue weighted by molar-refractivity contribution is 7.92. The maximum Gasteiger partial charge on any atom is 0.232 e. The minimum atomic E-state index is -3.40. The van der Waals surface area contributed by atoms with Crippen LogP contribution in [0, 0.1) is 11.3 Å². The van der Waals surface area contributed by atoms with E-state index >= 15 is 0 Å². The van der Waals surface area contributed by atoms with E-state index in [0.29, 0.717) is 23.0 Å². The average Bonchev–Trinajstić information content (AvgIpc) is 3.08. The monoisotopic (exact) mass is 417 g/mol. The first kappa shape index (κ1) is 21.8. The molecule has 0 bridgehead atoms. The molecule has 2 atom stereocenters. The number of sulfonamides is 1. The van der Waals surface area contributed by atoms with E-state index in [4.69, 9.17) is 4.74 Å². The minimum absolute atomic E-state index is 0. The molecule has 1 amide bonds. The molecule has 3 N–H and O–H groups in total. The van der Waals surface area contributed by atoms with E-state index in [9.17, 15) is 13.2 Å². The molecule has 1 saturated carbocycles. The number of amides is 1. The summed E-state index contributed by atoms with van der Waals surface area (Å²) in [5.74, 6) is 0.776. The molecule has 0 spiro atoms. The Hall–Kier alpha value is -1.51. The van der Waals surface area contributed by atoms with Gasteiger partial charge in [-0.2, -0.15) is 0 Å². The van der Waals surface area contributed by atoms with E-state index in [1.54, 1.807) is 25.1 Å². The molecule has 9 heteroatoms. The van der Waals surface area contributed by atoms with Crippen LogP contribution in [0.4, 0.5) is 11.4 Å². The normalized spacial score (nSPS) is 24.4. The summed E-state index contributed by atoms with van der Waals surface area (Å²) >= 11 is 0. The number of fused-ring (bicyclic) bond motifs is 1. The fourth-order valence-corrected chi connectivity index (χ4v) is 4.69. The number of nitrogens with one attached hydrogen (secondary N) is 3. The van der Waals surface area contributed by atoms with E-state index in [2.05, 4.69) is 15.4 Å². The van der Waals surface area contributed by atoms with Gasteiger partial charge in [-0.3, -0.25) is 9.52 Å². The lowest BCUT2D eigenvalue weighted by Gasteiger charge is -2.37. The molecule has 2 aliphatic rings. The van der Waals surface area contributed by atoms with Crippen LogP contribution in [-0.2, 0) is 14.8 Å². The first-order valence-electron chi connectivity index (χ1n) is 9.11. The first-order valence-corrected chi connectivity index (χ1v) is 10.8. The van der Waals surface area contributed by atoms with Gasteiger partial charge in [0.1, 0.15) is 5.75 Å². The number of benzene rings is 1. The molecule has 1 aromatic rings. The Balaban J connectivity index is 0.00000261. The van der Waals surface area contributed by atoms with Gasteiger partial charge < -0.3 is 15.4 Å². The van der Waals surface area contributed by atoms with E-state index in [-0.39, 0.29) is 29.5 Å². The van der Waals surface area contributed by atoms with Crippen LogP contribution in [0.15, 0.2) is 18.2 Å². The summed E-state index contributed by atoms with van der Waals surface area (Å²) in [4.78, 5) is 13.0. The zero-order chi connectivity index (χ0) is 18.8. The van der Waals surface area contributed by atoms with Gasteiger partial charge in [0.2, 0.25) is 15.9 Å². The number of rotatable bonds is 6. The number of hydrogen-bond acceptors (Lipinski definition) is 5. The molecule has 0 aromatic heterocycles. The van der Waals surface area contributed by atoms with Crippen molar-refractivity contribution in [1.29, 1.82) is 0 Å². The summed E-state index contributed by atoms with van der Waals surface area (Å²) in [6.07, 6.45) is 4.25. The van der Waals surface area contributed by atoms with Crippen molar-refractivity contribution >= 4 is 39.7 Å². The highest BCUT2D eigenvalue weighted by atomic mass is 35.5. The molecule has 2 fully saturated rings. The third-order valence-electron chi connectivity index (χ3n) is 5.60. The van der Waals surface area contributed by atoms with E-state index in [0.717, 1.165) is 32.4 Å². The molecule has 27 heavy (non-hydrogen) atoms. The standard InChI is InChI=1S/C18H27N3O4S.ClH/c1-3-26(23,24)21-15-8-7-14(10-16(15)25-2)20-17(22)18-9-5-4-6-13(18)11-19-12-18;/h7-8,10,13,19,21H,3-6,9,11-12H2,1-2H3,(H,20,22);1H/t13-,18+;/m0./s1. The number of anilines is 2. The molecular weight excluding hydrogens is 390 g/mol. The lowest BCUT2D eigenvalue weighted by Crippen LogP contribution is -2.44. The van der Waals surface area contributed by atoms with Crippen LogP contribution in [0.1, 0.15) is 32.6 Å². The molecule has 0 unspecified atom stereocenters. The van der Waals surface area contributed by atoms with Gasteiger partial charge in [0.15, 0.2) is 0 Å². The van der Waals surface area contributed by atoms with Crippen LogP contribution in [0.2, 0.25) is 0 Å². The molecule has 152 valence electrons. The lowest BCUT2D eigenvalue weighted by molar-refractivity contribution is -0.128. The van der Waals surface area contributed by atoms with Gasteiger partial charge in [0, 0.05) is 18.3 Å². The second-order valence-electron chi connectivity index (χ2n) is 7.10. The zero-order valence-electron chi connectivity index (χ0n) is 15.7. The number of hydrogen-bond donors (Lipinski definition) is 3. The first-order chi connectivity index (χ1) is 12.4. The number of methoxy groups -OCH3 is 1. The Morgan fingerprint density at radius 3 is 2.85 bits per heavy atom. The van der Waals surface area contributed by atoms with Crippen molar-refractivity contribution in [2.24, 2.45) is 11.3 Å². The number of carbonyl (C=O) groups is 1. The Bertz CT molecular complexity index is 787. The molecule has 1 aliphatic heterocycles. The average molecular weight is 418 g/mol. The third-order valence-corrected chi connectivity index (χ3v) is 6.89. The van der Waals surface area contributed by atoms with Gasteiger partial charge in [-0.15, -0.1) is 12.4 Å². The summed E-state index contributed by atoms with van der Waals surface area (Å²) < 4.78 is 31.4. The van der Waals surface area contributed by atoms with Gasteiger partial charge in [0.05, 0.1) is 24.0 Å². The van der Waals surface area contributed by atoms with Crippen LogP contribution in [-0.4, -0.2) is 40.3 Å². The molecule has 1 aliphatic carbocycles. The summed E-state index contributed by atoms with van der Waals surface area (Å²) in [6, 6.07) is 4.97. The topological polar surface area (TPSA) is 96.5 Å². The third kappa shape index (κ3) is 4.50. The predicted octanol–water partition coefficient (Wildman–Crippen LogP) is 2.60. The second kappa shape index (κ2) is 8.67. The van der Waals surface area contributed by atoms with Gasteiger partial charge >= 0.3 is 0 Å². The number of carbonyl (C=O) groups excluding carboxylic acids is 1. The fourth-order valence-electron chi connectivity index (χ4n) is 4.04. The highest BCUT2D eigenvalue weighted by Gasteiger charge is 2.49. The molecule has 0 radical (unpaired) electrons. The molecule has 1 heterocycles. The maximum absolute atomic E-state index is 13.0. The predicted molar refractivity (Wildman–Crippen MR) is 109 cm³/mol. The van der Waals surface area contributed by atoms with Crippen LogP contribution < -0.4 is 20.1 Å². The maximum atomic E-state index is 13.0. The van der Waals surface area contributed by atoms with Gasteiger partial charge in [-0.25, -0.2) is 8.42 Å². The van der Waals surface area contributed by atoms with Crippen molar-refractivity contribution in [3.63, 3.8) is 0 Å². The van der Waals surface area contributed by atoms with Crippen LogP contribution >= 0.6 is 12.4 Å². The Morgan fingerprint density at radius 1 is 1.37 bits per heavy atom. The minimum Gasteiger partial charge on any atom is -0.494 e. The zero-order valence-corrected chi connectivity index (χ0v) is 17.3. The Morgan fingerprint density at radius 2 is 2.15 bits per heavy atom. The van der Waals surface area contributed by atoms with Crippen molar-refractivity contribution in [2.75, 3.05) is 36.0 Å². The number of halogens is 1. The highest BCUT2D eigenvalue weighted by Crippen LogP contribution is 2.44. The van der Waals surface area contributed by atoms with Crippen molar-refractivity contribution < 1.29 is 17.9 Å². The van der Waals surface area contributed by atoms with Crippen molar-refractivity contribution in [3.8, 4) is 5.75 Å². The fraction of sp³-hybridized carbons (Fsp3) is 0.611. The summed E-state index contributed by atoms with van der Waals surface area (Å²) in [6.45, 7) is 3.18. The summed E-state index contributed by atoms with van der Waals surface area (Å²) in [5, 5.41) is 6.39. The van der Waals surface area contributed by atoms with Crippen LogP contribution in [0.25, 0.3) is 0 Å². The van der Waals surface area contributed by atoms with E-state index < -0.39 is 10.0 Å². The molecular formula is C18H28ClN3O4S.